The third kappa shape index (κ3) is 4.37. The Labute approximate surface area is 101 Å². The van der Waals surface area contributed by atoms with E-state index in [9.17, 15) is 5.11 Å². The van der Waals surface area contributed by atoms with Gasteiger partial charge in [-0.2, -0.15) is 11.8 Å². The highest BCUT2D eigenvalue weighted by Gasteiger charge is 2.19. The Morgan fingerprint density at radius 1 is 1.38 bits per heavy atom. The van der Waals surface area contributed by atoms with Gasteiger partial charge in [-0.1, -0.05) is 0 Å². The molecular formula is C11H19N3OS. The molecule has 1 aromatic heterocycles. The second kappa shape index (κ2) is 5.50. The van der Waals surface area contributed by atoms with E-state index in [4.69, 9.17) is 0 Å². The number of nitrogens with one attached hydrogen (secondary N) is 1. The van der Waals surface area contributed by atoms with Gasteiger partial charge in [-0.3, -0.25) is 0 Å². The van der Waals surface area contributed by atoms with Gasteiger partial charge in [-0.25, -0.2) is 9.97 Å². The molecule has 5 heteroatoms. The van der Waals surface area contributed by atoms with E-state index in [0.29, 0.717) is 18.2 Å². The molecule has 0 aliphatic heterocycles. The highest BCUT2D eigenvalue weighted by atomic mass is 32.2. The third-order valence-electron chi connectivity index (χ3n) is 2.06. The van der Waals surface area contributed by atoms with Crippen LogP contribution in [-0.2, 0) is 0 Å². The van der Waals surface area contributed by atoms with E-state index in [1.807, 2.05) is 26.2 Å². The van der Waals surface area contributed by atoms with Crippen molar-refractivity contribution in [2.45, 2.75) is 26.4 Å². The Hall–Kier alpha value is -0.810. The molecular weight excluding hydrogens is 222 g/mol. The van der Waals surface area contributed by atoms with Crippen LogP contribution in [0.4, 0.5) is 5.95 Å². The summed E-state index contributed by atoms with van der Waals surface area (Å²) in [6.45, 7) is 6.12. The number of hydrogen-bond donors (Lipinski definition) is 2. The molecule has 0 radical (unpaired) electrons. The van der Waals surface area contributed by atoms with E-state index >= 15 is 0 Å². The molecule has 0 spiro atoms. The van der Waals surface area contributed by atoms with Crippen molar-refractivity contribution in [2.75, 3.05) is 23.9 Å². The van der Waals surface area contributed by atoms with Crippen molar-refractivity contribution in [1.29, 1.82) is 0 Å². The highest BCUT2D eigenvalue weighted by molar-refractivity contribution is 7.98. The second-order valence-corrected chi connectivity index (χ2v) is 5.12. The Balaban J connectivity index is 2.60. The summed E-state index contributed by atoms with van der Waals surface area (Å²) in [5.41, 5.74) is 1.12. The van der Waals surface area contributed by atoms with Gasteiger partial charge in [-0.15, -0.1) is 0 Å². The van der Waals surface area contributed by atoms with Gasteiger partial charge >= 0.3 is 0 Å². The lowest BCUT2D eigenvalue weighted by atomic mass is 10.1. The van der Waals surface area contributed by atoms with Crippen LogP contribution in [0.15, 0.2) is 6.07 Å². The Morgan fingerprint density at radius 3 is 2.44 bits per heavy atom. The fraction of sp³-hybridized carbons (Fsp3) is 0.636. The summed E-state index contributed by atoms with van der Waals surface area (Å²) in [6.07, 6.45) is 1.97. The standard InChI is InChI=1S/C11H19N3OS/c1-8-5-9(2)14-10(13-8)12-6-11(3,15)7-16-4/h5,15H,6-7H2,1-4H3,(H,12,13,14)/t11-/m0/s1. The van der Waals surface area contributed by atoms with Gasteiger partial charge in [0, 0.05) is 23.7 Å². The van der Waals surface area contributed by atoms with E-state index in [0.717, 1.165) is 11.4 Å². The summed E-state index contributed by atoms with van der Waals surface area (Å²) in [5, 5.41) is 13.0. The minimum absolute atomic E-state index is 0.455. The first-order valence-corrected chi connectivity index (χ1v) is 6.60. The van der Waals surface area contributed by atoms with Crippen LogP contribution in [0.2, 0.25) is 0 Å². The van der Waals surface area contributed by atoms with Crippen molar-refractivity contribution in [2.24, 2.45) is 0 Å². The molecule has 1 atom stereocenters. The van der Waals surface area contributed by atoms with Crippen molar-refractivity contribution in [3.63, 3.8) is 0 Å². The lowest BCUT2D eigenvalue weighted by Gasteiger charge is -2.22. The summed E-state index contributed by atoms with van der Waals surface area (Å²) < 4.78 is 0. The first-order chi connectivity index (χ1) is 7.43. The monoisotopic (exact) mass is 241 g/mol. The van der Waals surface area contributed by atoms with E-state index in [1.54, 1.807) is 18.7 Å². The van der Waals surface area contributed by atoms with Gasteiger partial charge in [0.25, 0.3) is 0 Å². The molecule has 0 bridgehead atoms. The zero-order chi connectivity index (χ0) is 12.2. The zero-order valence-electron chi connectivity index (χ0n) is 10.2. The number of aliphatic hydroxyl groups is 1. The van der Waals surface area contributed by atoms with Gasteiger partial charge in [-0.05, 0) is 33.1 Å². The van der Waals surface area contributed by atoms with Crippen molar-refractivity contribution in [1.82, 2.24) is 9.97 Å². The van der Waals surface area contributed by atoms with E-state index in [-0.39, 0.29) is 0 Å². The smallest absolute Gasteiger partial charge is 0.223 e. The van der Waals surface area contributed by atoms with Gasteiger partial charge in [0.15, 0.2) is 0 Å². The molecule has 0 saturated carbocycles. The molecule has 0 aromatic carbocycles. The molecule has 1 aromatic rings. The lowest BCUT2D eigenvalue weighted by Crippen LogP contribution is -2.36. The minimum atomic E-state index is -0.736. The summed E-state index contributed by atoms with van der Waals surface area (Å²) >= 11 is 1.62. The number of hydrogen-bond acceptors (Lipinski definition) is 5. The molecule has 16 heavy (non-hydrogen) atoms. The molecule has 0 saturated heterocycles. The second-order valence-electron chi connectivity index (χ2n) is 4.26. The maximum absolute atomic E-state index is 9.98. The minimum Gasteiger partial charge on any atom is -0.387 e. The van der Waals surface area contributed by atoms with Crippen LogP contribution in [-0.4, -0.2) is 39.2 Å². The Kier molecular flexibility index (Phi) is 4.56. The largest absolute Gasteiger partial charge is 0.387 e. The molecule has 1 heterocycles. The SMILES string of the molecule is CSC[C@@](C)(O)CNc1nc(C)cc(C)n1. The van der Waals surface area contributed by atoms with Crippen molar-refractivity contribution in [3.8, 4) is 0 Å². The topological polar surface area (TPSA) is 58.0 Å². The van der Waals surface area contributed by atoms with Crippen LogP contribution in [0.5, 0.6) is 0 Å². The van der Waals surface area contributed by atoms with Crippen LogP contribution in [0.1, 0.15) is 18.3 Å². The van der Waals surface area contributed by atoms with Crippen LogP contribution < -0.4 is 5.32 Å². The third-order valence-corrected chi connectivity index (χ3v) is 2.98. The molecule has 1 rings (SSSR count). The van der Waals surface area contributed by atoms with E-state index in [2.05, 4.69) is 15.3 Å². The molecule has 0 amide bonds. The Morgan fingerprint density at radius 2 is 1.94 bits per heavy atom. The van der Waals surface area contributed by atoms with Crippen LogP contribution in [0, 0.1) is 13.8 Å². The van der Waals surface area contributed by atoms with Gasteiger partial charge in [0.05, 0.1) is 5.60 Å². The highest BCUT2D eigenvalue weighted by Crippen LogP contribution is 2.11. The molecule has 0 aliphatic carbocycles. The first-order valence-electron chi connectivity index (χ1n) is 5.20. The normalized spacial score (nSPS) is 14.6. The number of rotatable bonds is 5. The van der Waals surface area contributed by atoms with Crippen LogP contribution in [0.3, 0.4) is 0 Å². The van der Waals surface area contributed by atoms with Crippen LogP contribution in [0.25, 0.3) is 0 Å². The maximum atomic E-state index is 9.98. The average molecular weight is 241 g/mol. The average Bonchev–Trinajstić information content (AvgIpc) is 2.13. The number of thioether (sulfide) groups is 1. The first kappa shape index (κ1) is 13.3. The molecule has 0 fully saturated rings. The number of aromatic nitrogens is 2. The van der Waals surface area contributed by atoms with Crippen molar-refractivity contribution >= 4 is 17.7 Å². The molecule has 4 nitrogen and oxygen atoms in total. The quantitative estimate of drug-likeness (QED) is 0.820. The van der Waals surface area contributed by atoms with E-state index < -0.39 is 5.60 Å². The van der Waals surface area contributed by atoms with Gasteiger partial charge in [0.2, 0.25) is 5.95 Å². The predicted molar refractivity (Wildman–Crippen MR) is 69.0 cm³/mol. The maximum Gasteiger partial charge on any atom is 0.223 e. The van der Waals surface area contributed by atoms with Crippen molar-refractivity contribution < 1.29 is 5.11 Å². The molecule has 90 valence electrons. The molecule has 0 aliphatic rings. The fourth-order valence-corrected chi connectivity index (χ4v) is 2.16. The zero-order valence-corrected chi connectivity index (χ0v) is 11.1. The lowest BCUT2D eigenvalue weighted by molar-refractivity contribution is 0.0995. The molecule has 2 N–H and O–H groups in total. The number of anilines is 1. The summed E-state index contributed by atoms with van der Waals surface area (Å²) in [6, 6.07) is 1.92. The number of nitrogens with zero attached hydrogens (tertiary/aromatic N) is 2. The summed E-state index contributed by atoms with van der Waals surface area (Å²) in [4.78, 5) is 8.51. The van der Waals surface area contributed by atoms with Gasteiger partial charge in [0.1, 0.15) is 0 Å². The predicted octanol–water partition coefficient (Wildman–Crippen LogP) is 1.62. The molecule has 0 unspecified atom stereocenters. The van der Waals surface area contributed by atoms with Gasteiger partial charge < -0.3 is 10.4 Å². The summed E-state index contributed by atoms with van der Waals surface area (Å²) in [5.74, 6) is 1.27. The van der Waals surface area contributed by atoms with Crippen molar-refractivity contribution in [3.05, 3.63) is 17.5 Å². The van der Waals surface area contributed by atoms with E-state index in [1.165, 1.54) is 0 Å². The fourth-order valence-electron chi connectivity index (χ4n) is 1.44. The number of aryl methyl sites for hydroxylation is 2. The summed E-state index contributed by atoms with van der Waals surface area (Å²) in [7, 11) is 0. The van der Waals surface area contributed by atoms with Crippen LogP contribution >= 0.6 is 11.8 Å². The Bertz CT molecular complexity index is 335.